The van der Waals surface area contributed by atoms with E-state index in [1.807, 2.05) is 0 Å². The summed E-state index contributed by atoms with van der Waals surface area (Å²) in [5.74, 6) is 0. The Morgan fingerprint density at radius 1 is 1.20 bits per heavy atom. The molecule has 0 atom stereocenters. The average molecular weight is 264 g/mol. The Morgan fingerprint density at radius 2 is 1.20 bits per heavy atom. The fourth-order valence-corrected chi connectivity index (χ4v) is 0. The fourth-order valence-electron chi connectivity index (χ4n) is 0. The maximum atomic E-state index is 7.72. The van der Waals surface area contributed by atoms with Gasteiger partial charge in [-0.05, 0) is 0 Å². The van der Waals surface area contributed by atoms with Gasteiger partial charge in [0.15, 0.2) is 0 Å². The van der Waals surface area contributed by atoms with Gasteiger partial charge >= 0.3 is 86.6 Å². The van der Waals surface area contributed by atoms with Gasteiger partial charge in [0.2, 0.25) is 0 Å². The van der Waals surface area contributed by atoms with Crippen molar-refractivity contribution in [3.05, 3.63) is 0 Å². The molecule has 0 amide bonds. The van der Waals surface area contributed by atoms with Crippen molar-refractivity contribution < 1.29 is 17.1 Å². The Kier molecular flexibility index (Phi) is 125. The van der Waals surface area contributed by atoms with Crippen LogP contribution in [0.4, 0.5) is 0 Å². The first kappa shape index (κ1) is 23.8. The van der Waals surface area contributed by atoms with Gasteiger partial charge in [0, 0.05) is 0 Å². The van der Waals surface area contributed by atoms with Crippen molar-refractivity contribution in [2.45, 2.75) is 0 Å². The first-order chi connectivity index (χ1) is 1.00. The van der Waals surface area contributed by atoms with Crippen molar-refractivity contribution in [3.63, 3.8) is 0 Å². The number of hydrogen-bond donors (Lipinski definition) is 0. The van der Waals surface area contributed by atoms with Crippen LogP contribution in [0.3, 0.4) is 0 Å². The third-order valence-corrected chi connectivity index (χ3v) is 0. The molecule has 1 nitrogen and oxygen atoms in total. The fraction of sp³-hybridized carbons (Fsp3) is 0. The number of hydrogen-bond acceptors (Lipinski definition) is 1. The van der Waals surface area contributed by atoms with Gasteiger partial charge in [0.05, 0.1) is 0 Å². The molecule has 0 unspecified atom stereocenters. The molecule has 0 bridgehead atoms. The van der Waals surface area contributed by atoms with Crippen LogP contribution in [0.2, 0.25) is 0 Å². The Morgan fingerprint density at radius 3 is 1.20 bits per heavy atom. The van der Waals surface area contributed by atoms with E-state index in [-0.39, 0.29) is 99.0 Å². The van der Waals surface area contributed by atoms with Crippen LogP contribution in [0, 0.1) is 0 Å². The van der Waals surface area contributed by atoms with Gasteiger partial charge in [-0.15, -0.1) is 0 Å². The van der Waals surface area contributed by atoms with Crippen molar-refractivity contribution in [2.75, 3.05) is 0 Å². The van der Waals surface area contributed by atoms with E-state index in [9.17, 15) is 0 Å². The summed E-state index contributed by atoms with van der Waals surface area (Å²) in [4.78, 5) is 0. The maximum Gasteiger partial charge on any atom is 2.00 e. The van der Waals surface area contributed by atoms with Gasteiger partial charge < -0.3 is 17.1 Å². The van der Waals surface area contributed by atoms with Crippen LogP contribution in [0.1, 0.15) is 0 Å². The number of halogens is 2. The van der Waals surface area contributed by atoms with Crippen LogP contribution in [-0.4, -0.2) is 86.6 Å². The Hall–Kier alpha value is 3.37. The van der Waals surface area contributed by atoms with Gasteiger partial charge in [-0.3, -0.25) is 0 Å². The summed E-state index contributed by atoms with van der Waals surface area (Å²) in [5.41, 5.74) is 0. The quantitative estimate of drug-likeness (QED) is 0.406. The van der Waals surface area contributed by atoms with Gasteiger partial charge in [-0.1, -0.05) is 0 Å². The summed E-state index contributed by atoms with van der Waals surface area (Å²) in [6, 6.07) is 0. The van der Waals surface area contributed by atoms with E-state index in [1.54, 1.807) is 0 Å². The van der Waals surface area contributed by atoms with E-state index in [4.69, 9.17) is 4.66 Å². The average Bonchev–Trinajstić information content (AvgIpc) is 1.00. The normalized spacial score (nSPS) is 1.20. The molecule has 0 heterocycles. The molecule has 0 spiro atoms. The van der Waals surface area contributed by atoms with Crippen molar-refractivity contribution in [1.29, 1.82) is 0 Å². The van der Waals surface area contributed by atoms with Crippen LogP contribution in [-0.2, 0) is 0 Å². The first-order valence-corrected chi connectivity index (χ1v) is 0.463. The summed E-state index contributed by atoms with van der Waals surface area (Å²) in [6.07, 6.45) is 0. The van der Waals surface area contributed by atoms with E-state index >= 15 is 0 Å². The van der Waals surface area contributed by atoms with E-state index in [0.717, 1.165) is 0 Å². The van der Waals surface area contributed by atoms with Crippen molar-refractivity contribution in [3.8, 4) is 0 Å². The summed E-state index contributed by atoms with van der Waals surface area (Å²) in [5, 5.41) is 0. The second-order valence-electron chi connectivity index (χ2n) is 0. The van der Waals surface area contributed by atoms with E-state index in [1.165, 1.54) is 0 Å². The first-order valence-electron chi connectivity index (χ1n) is 0.154. The maximum absolute atomic E-state index is 7.72. The summed E-state index contributed by atoms with van der Waals surface area (Å²) in [7, 11) is 0. The minimum atomic E-state index is 0. The summed E-state index contributed by atoms with van der Waals surface area (Å²) >= 11 is 3.39. The predicted octanol–water partition coefficient (Wildman–Crippen LogP) is -4.26. The molecule has 0 fully saturated rings. The Labute approximate surface area is 112 Å². The standard InChI is InChI=1S/Ba.Ca.ClO.ClH/c;;1-2;/h;;;1H/q2*+2;-1;/p-1. The van der Waals surface area contributed by atoms with Gasteiger partial charge in [-0.2, -0.15) is 0 Å². The third kappa shape index (κ3) is 18.7. The Bertz CT molecular complexity index is 9.61. The third-order valence-electron chi connectivity index (χ3n) is 0. The van der Waals surface area contributed by atoms with Crippen molar-refractivity contribution >= 4 is 98.5 Å². The molecule has 0 aliphatic heterocycles. The predicted molar refractivity (Wildman–Crippen MR) is 17.4 cm³/mol. The molecule has 5 heteroatoms. The number of rotatable bonds is 0. The zero-order valence-corrected chi connectivity index (χ0v) is 10.7. The Balaban J connectivity index is -0.00000000167. The van der Waals surface area contributed by atoms with Gasteiger partial charge in [0.1, 0.15) is 0 Å². The molecule has 0 aromatic rings. The van der Waals surface area contributed by atoms with Gasteiger partial charge in [-0.25, -0.2) is 11.9 Å². The van der Waals surface area contributed by atoms with Crippen LogP contribution >= 0.6 is 11.9 Å². The molecular weight excluding hydrogens is 264 g/mol. The smallest absolute Gasteiger partial charge is 1.00 e. The topological polar surface area (TPSA) is 23.1 Å². The summed E-state index contributed by atoms with van der Waals surface area (Å²) in [6.45, 7) is 0. The molecule has 0 aliphatic carbocycles. The summed E-state index contributed by atoms with van der Waals surface area (Å²) < 4.78 is 7.72. The zero-order valence-electron chi connectivity index (χ0n) is 2.58. The second kappa shape index (κ2) is 26.3. The van der Waals surface area contributed by atoms with E-state index < -0.39 is 0 Å². The molecule has 0 saturated heterocycles. The minimum absolute atomic E-state index is 0. The molecule has 0 saturated carbocycles. The minimum Gasteiger partial charge on any atom is -1.00 e. The van der Waals surface area contributed by atoms with Crippen LogP contribution in [0.15, 0.2) is 0 Å². The monoisotopic (exact) mass is 264 g/mol. The molecule has 5 heavy (non-hydrogen) atoms. The molecule has 0 rings (SSSR count). The second-order valence-corrected chi connectivity index (χ2v) is 0. The molecule has 0 aromatic heterocycles. The zero-order chi connectivity index (χ0) is 2.00. The van der Waals surface area contributed by atoms with Crippen molar-refractivity contribution in [1.82, 2.24) is 0 Å². The van der Waals surface area contributed by atoms with Crippen LogP contribution in [0.5, 0.6) is 0 Å². The van der Waals surface area contributed by atoms with E-state index in [2.05, 4.69) is 11.9 Å². The molecule has 0 radical (unpaired) electrons. The molecular formula is BaCaCl2O+2. The van der Waals surface area contributed by atoms with Gasteiger partial charge in [0.25, 0.3) is 0 Å². The molecule has 0 aromatic carbocycles. The van der Waals surface area contributed by atoms with E-state index in [0.29, 0.717) is 0 Å². The molecule has 0 N–H and O–H groups in total. The van der Waals surface area contributed by atoms with Crippen LogP contribution in [0.25, 0.3) is 0 Å². The molecule has 0 aliphatic rings. The van der Waals surface area contributed by atoms with Crippen molar-refractivity contribution in [2.24, 2.45) is 0 Å². The van der Waals surface area contributed by atoms with Crippen LogP contribution < -0.4 is 17.1 Å². The SMILES string of the molecule is [Ba+2].[Ca+2].[Cl-].[O-]Cl. The largest absolute Gasteiger partial charge is 2.00 e. The molecule has 22 valence electrons.